The van der Waals surface area contributed by atoms with E-state index < -0.39 is 28.5 Å². The SMILES string of the molecule is CCC(C)NC(=O)C(Cc1ccccc1)N(Cc1ccc(Cl)cc1)C(=O)CN(c1cc(Cl)c(Cl)cc1Cl)S(C)(=O)=O. The van der Waals surface area contributed by atoms with Gasteiger partial charge in [0, 0.05) is 24.0 Å². The molecular weight excluding hydrogens is 628 g/mol. The van der Waals surface area contributed by atoms with Crippen molar-refractivity contribution in [1.82, 2.24) is 10.2 Å². The van der Waals surface area contributed by atoms with Gasteiger partial charge in [-0.1, -0.05) is 95.8 Å². The van der Waals surface area contributed by atoms with Gasteiger partial charge in [-0.05, 0) is 48.7 Å². The highest BCUT2D eigenvalue weighted by atomic mass is 35.5. The van der Waals surface area contributed by atoms with Crippen LogP contribution in [0.4, 0.5) is 5.69 Å². The van der Waals surface area contributed by atoms with Crippen LogP contribution in [0.5, 0.6) is 0 Å². The fraction of sp³-hybridized carbons (Fsp3) is 0.310. The van der Waals surface area contributed by atoms with Gasteiger partial charge in [0.05, 0.1) is 27.0 Å². The van der Waals surface area contributed by atoms with Crippen LogP contribution >= 0.6 is 46.4 Å². The van der Waals surface area contributed by atoms with Crippen molar-refractivity contribution in [2.75, 3.05) is 17.1 Å². The van der Waals surface area contributed by atoms with E-state index in [1.807, 2.05) is 44.2 Å². The highest BCUT2D eigenvalue weighted by Crippen LogP contribution is 2.35. The zero-order valence-electron chi connectivity index (χ0n) is 22.8. The predicted molar refractivity (Wildman–Crippen MR) is 167 cm³/mol. The maximum atomic E-state index is 14.1. The number of nitrogens with one attached hydrogen (secondary N) is 1. The van der Waals surface area contributed by atoms with E-state index in [9.17, 15) is 18.0 Å². The number of sulfonamides is 1. The van der Waals surface area contributed by atoms with Crippen LogP contribution in [0.1, 0.15) is 31.4 Å². The fourth-order valence-electron chi connectivity index (χ4n) is 4.08. The van der Waals surface area contributed by atoms with Crippen molar-refractivity contribution in [2.45, 2.75) is 45.3 Å². The maximum Gasteiger partial charge on any atom is 0.244 e. The van der Waals surface area contributed by atoms with Gasteiger partial charge < -0.3 is 10.2 Å². The Morgan fingerprint density at radius 3 is 2.07 bits per heavy atom. The minimum atomic E-state index is -4.02. The lowest BCUT2D eigenvalue weighted by atomic mass is 10.0. The van der Waals surface area contributed by atoms with Crippen LogP contribution in [0.2, 0.25) is 20.1 Å². The number of hydrogen-bond acceptors (Lipinski definition) is 4. The zero-order valence-corrected chi connectivity index (χ0v) is 26.6. The van der Waals surface area contributed by atoms with Crippen molar-refractivity contribution in [1.29, 1.82) is 0 Å². The summed E-state index contributed by atoms with van der Waals surface area (Å²) in [4.78, 5) is 29.2. The molecule has 0 heterocycles. The molecule has 3 rings (SSSR count). The summed E-state index contributed by atoms with van der Waals surface area (Å²) < 4.78 is 26.7. The molecule has 0 saturated heterocycles. The number of nitrogens with zero attached hydrogens (tertiary/aromatic N) is 2. The van der Waals surface area contributed by atoms with Crippen LogP contribution in [-0.2, 0) is 32.6 Å². The van der Waals surface area contributed by atoms with Crippen LogP contribution in [0, 0.1) is 0 Å². The summed E-state index contributed by atoms with van der Waals surface area (Å²) in [5, 5.41) is 3.69. The summed E-state index contributed by atoms with van der Waals surface area (Å²) in [6, 6.07) is 17.7. The molecule has 220 valence electrons. The molecule has 0 radical (unpaired) electrons. The molecule has 12 heteroatoms. The molecule has 7 nitrogen and oxygen atoms in total. The molecule has 1 N–H and O–H groups in total. The molecular formula is C29H31Cl4N3O4S. The van der Waals surface area contributed by atoms with Crippen molar-refractivity contribution in [3.8, 4) is 0 Å². The van der Waals surface area contributed by atoms with Gasteiger partial charge in [-0.25, -0.2) is 8.42 Å². The molecule has 3 aromatic rings. The predicted octanol–water partition coefficient (Wildman–Crippen LogP) is 6.62. The van der Waals surface area contributed by atoms with Crippen LogP contribution in [0.15, 0.2) is 66.7 Å². The Morgan fingerprint density at radius 2 is 1.49 bits per heavy atom. The van der Waals surface area contributed by atoms with Crippen LogP contribution in [-0.4, -0.2) is 50.0 Å². The lowest BCUT2D eigenvalue weighted by molar-refractivity contribution is -0.140. The lowest BCUT2D eigenvalue weighted by Crippen LogP contribution is -2.54. The van der Waals surface area contributed by atoms with Gasteiger partial charge in [0.1, 0.15) is 12.6 Å². The monoisotopic (exact) mass is 657 g/mol. The second kappa shape index (κ2) is 14.6. The third-order valence-electron chi connectivity index (χ3n) is 6.48. The molecule has 0 spiro atoms. The molecule has 0 saturated carbocycles. The minimum absolute atomic E-state index is 0.00257. The second-order valence-corrected chi connectivity index (χ2v) is 13.2. The van der Waals surface area contributed by atoms with Crippen molar-refractivity contribution in [3.63, 3.8) is 0 Å². The Bertz CT molecular complexity index is 1470. The molecule has 3 aromatic carbocycles. The Morgan fingerprint density at radius 1 is 0.878 bits per heavy atom. The van der Waals surface area contributed by atoms with E-state index in [0.717, 1.165) is 16.1 Å². The highest BCUT2D eigenvalue weighted by Gasteiger charge is 2.34. The van der Waals surface area contributed by atoms with Crippen molar-refractivity contribution in [3.05, 3.63) is 97.9 Å². The smallest absolute Gasteiger partial charge is 0.244 e. The van der Waals surface area contributed by atoms with E-state index in [-0.39, 0.29) is 45.7 Å². The normalized spacial score (nSPS) is 12.9. The Kier molecular flexibility index (Phi) is 11.8. The number of anilines is 1. The summed E-state index contributed by atoms with van der Waals surface area (Å²) in [5.41, 5.74) is 1.53. The van der Waals surface area contributed by atoms with E-state index in [1.165, 1.54) is 17.0 Å². The van der Waals surface area contributed by atoms with Gasteiger partial charge in [0.15, 0.2) is 0 Å². The quantitative estimate of drug-likeness (QED) is 0.222. The first-order chi connectivity index (χ1) is 19.3. The minimum Gasteiger partial charge on any atom is -0.352 e. The standard InChI is InChI=1S/C29H31Cl4N3O4S/c1-4-19(2)34-29(38)27(14-20-8-6-5-7-9-20)35(17-21-10-12-22(30)13-11-21)28(37)18-36(41(3,39)40)26-16-24(32)23(31)15-25(26)33/h5-13,15-16,19,27H,4,14,17-18H2,1-3H3,(H,34,38). The van der Waals surface area contributed by atoms with Crippen molar-refractivity contribution < 1.29 is 18.0 Å². The van der Waals surface area contributed by atoms with Gasteiger partial charge in [-0.2, -0.15) is 0 Å². The molecule has 0 aliphatic rings. The number of rotatable bonds is 12. The zero-order chi connectivity index (χ0) is 30.3. The van der Waals surface area contributed by atoms with Crippen molar-refractivity contribution in [2.24, 2.45) is 0 Å². The molecule has 0 fully saturated rings. The first-order valence-corrected chi connectivity index (χ1v) is 16.2. The van der Waals surface area contributed by atoms with Crippen molar-refractivity contribution >= 4 is 73.9 Å². The Hall–Kier alpha value is -2.49. The molecule has 2 atom stereocenters. The van der Waals surface area contributed by atoms with E-state index in [2.05, 4.69) is 5.32 Å². The van der Waals surface area contributed by atoms with Gasteiger partial charge in [0.25, 0.3) is 0 Å². The molecule has 2 amide bonds. The second-order valence-electron chi connectivity index (χ2n) is 9.66. The molecule has 41 heavy (non-hydrogen) atoms. The van der Waals surface area contributed by atoms with Crippen LogP contribution in [0.3, 0.4) is 0 Å². The number of carbonyl (C=O) groups is 2. The molecule has 0 aliphatic carbocycles. The van der Waals surface area contributed by atoms with E-state index in [4.69, 9.17) is 46.4 Å². The molecule has 0 aliphatic heterocycles. The summed E-state index contributed by atoms with van der Waals surface area (Å²) in [5.74, 6) is -0.975. The largest absolute Gasteiger partial charge is 0.352 e. The lowest BCUT2D eigenvalue weighted by Gasteiger charge is -2.34. The Labute approximate surface area is 261 Å². The fourth-order valence-corrected chi connectivity index (χ4v) is 5.75. The topological polar surface area (TPSA) is 86.8 Å². The summed E-state index contributed by atoms with van der Waals surface area (Å²) in [6.07, 6.45) is 1.85. The van der Waals surface area contributed by atoms with E-state index in [1.54, 1.807) is 24.3 Å². The number of carbonyl (C=O) groups excluding carboxylic acids is 2. The first kappa shape index (κ1) is 33.0. The van der Waals surface area contributed by atoms with Crippen LogP contribution < -0.4 is 9.62 Å². The van der Waals surface area contributed by atoms with E-state index >= 15 is 0 Å². The van der Waals surface area contributed by atoms with Gasteiger partial charge in [-0.3, -0.25) is 13.9 Å². The third-order valence-corrected chi connectivity index (χ3v) is 8.88. The summed E-state index contributed by atoms with van der Waals surface area (Å²) >= 11 is 24.7. The maximum absolute atomic E-state index is 14.1. The van der Waals surface area contributed by atoms with E-state index in [0.29, 0.717) is 17.0 Å². The summed E-state index contributed by atoms with van der Waals surface area (Å²) in [6.45, 7) is 3.21. The number of halogens is 4. The number of amides is 2. The molecule has 0 bridgehead atoms. The average Bonchev–Trinajstić information content (AvgIpc) is 2.92. The number of benzene rings is 3. The average molecular weight is 659 g/mol. The summed E-state index contributed by atoms with van der Waals surface area (Å²) in [7, 11) is -4.02. The van der Waals surface area contributed by atoms with Gasteiger partial charge >= 0.3 is 0 Å². The number of hydrogen-bond donors (Lipinski definition) is 1. The molecule has 0 aromatic heterocycles. The van der Waals surface area contributed by atoms with Gasteiger partial charge in [0.2, 0.25) is 21.8 Å². The highest BCUT2D eigenvalue weighted by molar-refractivity contribution is 7.92. The van der Waals surface area contributed by atoms with Gasteiger partial charge in [-0.15, -0.1) is 0 Å². The Balaban J connectivity index is 2.09. The third kappa shape index (κ3) is 9.25. The molecule has 2 unspecified atom stereocenters. The van der Waals surface area contributed by atoms with Crippen LogP contribution in [0.25, 0.3) is 0 Å². The first-order valence-electron chi connectivity index (χ1n) is 12.8.